The lowest BCUT2D eigenvalue weighted by molar-refractivity contribution is -0.134. The minimum atomic E-state index is -0.0540. The van der Waals surface area contributed by atoms with E-state index in [9.17, 15) is 9.59 Å². The molecule has 3 heterocycles. The zero-order valence-electron chi connectivity index (χ0n) is 15.9. The van der Waals surface area contributed by atoms with Crippen molar-refractivity contribution in [1.82, 2.24) is 24.3 Å². The van der Waals surface area contributed by atoms with Crippen molar-refractivity contribution in [2.45, 2.75) is 0 Å². The van der Waals surface area contributed by atoms with Gasteiger partial charge in [-0.3, -0.25) is 19.1 Å². The first-order valence-electron chi connectivity index (χ1n) is 9.67. The molecule has 0 atom stereocenters. The summed E-state index contributed by atoms with van der Waals surface area (Å²) < 4.78 is 7.13. The van der Waals surface area contributed by atoms with E-state index < -0.39 is 0 Å². The Bertz CT molecular complexity index is 808. The van der Waals surface area contributed by atoms with Crippen LogP contribution in [0.15, 0.2) is 42.9 Å². The maximum absolute atomic E-state index is 13.0. The molecule has 0 unspecified atom stereocenters. The number of nitrogens with zero attached hydrogens (tertiary/aromatic N) is 5. The second-order valence-corrected chi connectivity index (χ2v) is 7.05. The van der Waals surface area contributed by atoms with Crippen LogP contribution in [0.1, 0.15) is 10.5 Å². The van der Waals surface area contributed by atoms with Gasteiger partial charge in [-0.25, -0.2) is 4.98 Å². The van der Waals surface area contributed by atoms with Crippen molar-refractivity contribution in [2.24, 2.45) is 0 Å². The van der Waals surface area contributed by atoms with Gasteiger partial charge in [0.05, 0.1) is 32.3 Å². The molecular formula is C20H25N5O3. The molecule has 2 amide bonds. The molecular weight excluding hydrogens is 358 g/mol. The summed E-state index contributed by atoms with van der Waals surface area (Å²) in [5.74, 6) is 0.0740. The first-order valence-corrected chi connectivity index (χ1v) is 9.67. The minimum Gasteiger partial charge on any atom is -0.379 e. The van der Waals surface area contributed by atoms with Gasteiger partial charge < -0.3 is 14.5 Å². The highest BCUT2D eigenvalue weighted by atomic mass is 16.5. The maximum Gasteiger partial charge on any atom is 0.272 e. The number of rotatable bonds is 4. The standard InChI is InChI=1S/C20H25N5O3/c26-19(15-22-10-12-28-13-11-22)23-6-8-24(9-7-23)20(27)18-14-21-16-25(18)17-4-2-1-3-5-17/h1-5,14,16H,6-13,15H2. The van der Waals surface area contributed by atoms with Crippen molar-refractivity contribution >= 4 is 11.8 Å². The zero-order valence-corrected chi connectivity index (χ0v) is 15.9. The average molecular weight is 383 g/mol. The quantitative estimate of drug-likeness (QED) is 0.769. The maximum atomic E-state index is 13.0. The molecule has 0 bridgehead atoms. The second-order valence-electron chi connectivity index (χ2n) is 7.05. The number of carbonyl (C=O) groups is 2. The van der Waals surface area contributed by atoms with E-state index in [1.54, 1.807) is 22.0 Å². The van der Waals surface area contributed by atoms with Crippen LogP contribution in [0.4, 0.5) is 0 Å². The number of piperazine rings is 1. The Labute approximate surface area is 164 Å². The van der Waals surface area contributed by atoms with Gasteiger partial charge in [-0.1, -0.05) is 18.2 Å². The Morgan fingerprint density at radius 1 is 0.929 bits per heavy atom. The van der Waals surface area contributed by atoms with Crippen LogP contribution in [0.2, 0.25) is 0 Å². The third-order valence-electron chi connectivity index (χ3n) is 5.27. The van der Waals surface area contributed by atoms with Crippen molar-refractivity contribution < 1.29 is 14.3 Å². The van der Waals surface area contributed by atoms with E-state index in [-0.39, 0.29) is 11.8 Å². The van der Waals surface area contributed by atoms with E-state index >= 15 is 0 Å². The molecule has 0 saturated carbocycles. The van der Waals surface area contributed by atoms with Crippen LogP contribution in [-0.4, -0.2) is 95.1 Å². The smallest absolute Gasteiger partial charge is 0.272 e. The first-order chi connectivity index (χ1) is 13.7. The summed E-state index contributed by atoms with van der Waals surface area (Å²) in [5.41, 5.74) is 1.45. The Kier molecular flexibility index (Phi) is 5.68. The molecule has 0 N–H and O–H groups in total. The number of morpholine rings is 1. The van der Waals surface area contributed by atoms with Crippen LogP contribution >= 0.6 is 0 Å². The number of hydrogen-bond acceptors (Lipinski definition) is 5. The summed E-state index contributed by atoms with van der Waals surface area (Å²) in [5, 5.41) is 0. The molecule has 0 radical (unpaired) electrons. The Morgan fingerprint density at radius 3 is 2.32 bits per heavy atom. The number of ether oxygens (including phenoxy) is 1. The van der Waals surface area contributed by atoms with Crippen molar-refractivity contribution in [1.29, 1.82) is 0 Å². The van der Waals surface area contributed by atoms with E-state index in [4.69, 9.17) is 4.74 Å². The lowest BCUT2D eigenvalue weighted by Crippen LogP contribution is -2.53. The Hall–Kier alpha value is -2.71. The minimum absolute atomic E-state index is 0.0540. The normalized spacial score (nSPS) is 18.3. The molecule has 2 saturated heterocycles. The zero-order chi connectivity index (χ0) is 19.3. The molecule has 8 nitrogen and oxygen atoms in total. The number of imidazole rings is 1. The van der Waals surface area contributed by atoms with E-state index in [0.717, 1.165) is 18.8 Å². The predicted molar refractivity (Wildman–Crippen MR) is 103 cm³/mol. The lowest BCUT2D eigenvalue weighted by atomic mass is 10.2. The topological polar surface area (TPSA) is 70.9 Å². The summed E-state index contributed by atoms with van der Waals surface area (Å²) >= 11 is 0. The number of aromatic nitrogens is 2. The van der Waals surface area contributed by atoms with Gasteiger partial charge in [0.15, 0.2) is 0 Å². The van der Waals surface area contributed by atoms with Crippen molar-refractivity contribution in [3.63, 3.8) is 0 Å². The highest BCUT2D eigenvalue weighted by Gasteiger charge is 2.27. The first kappa shape index (κ1) is 18.6. The summed E-state index contributed by atoms with van der Waals surface area (Å²) in [6.45, 7) is 5.60. The van der Waals surface area contributed by atoms with Gasteiger partial charge in [-0.15, -0.1) is 0 Å². The van der Waals surface area contributed by atoms with Crippen LogP contribution in [0.3, 0.4) is 0 Å². The number of hydrogen-bond donors (Lipinski definition) is 0. The van der Waals surface area contributed by atoms with Crippen LogP contribution in [-0.2, 0) is 9.53 Å². The van der Waals surface area contributed by atoms with Gasteiger partial charge in [-0.2, -0.15) is 0 Å². The number of amides is 2. The van der Waals surface area contributed by atoms with E-state index in [1.807, 2.05) is 35.2 Å². The summed E-state index contributed by atoms with van der Waals surface area (Å²) in [6, 6.07) is 9.70. The average Bonchev–Trinajstić information content (AvgIpc) is 3.24. The summed E-state index contributed by atoms with van der Waals surface area (Å²) in [4.78, 5) is 35.5. The van der Waals surface area contributed by atoms with Crippen molar-refractivity contribution in [2.75, 3.05) is 59.0 Å². The predicted octanol–water partition coefficient (Wildman–Crippen LogP) is 0.489. The van der Waals surface area contributed by atoms with Crippen molar-refractivity contribution in [3.05, 3.63) is 48.5 Å². The van der Waals surface area contributed by atoms with Gasteiger partial charge in [0.1, 0.15) is 5.69 Å². The Morgan fingerprint density at radius 2 is 1.61 bits per heavy atom. The number of benzene rings is 1. The summed E-state index contributed by atoms with van der Waals surface area (Å²) in [7, 11) is 0. The largest absolute Gasteiger partial charge is 0.379 e. The molecule has 2 aliphatic heterocycles. The molecule has 0 aliphatic carbocycles. The highest BCUT2D eigenvalue weighted by molar-refractivity contribution is 5.93. The lowest BCUT2D eigenvalue weighted by Gasteiger charge is -2.36. The SMILES string of the molecule is O=C(CN1CCOCC1)N1CCN(C(=O)c2cncn2-c2ccccc2)CC1. The molecule has 0 spiro atoms. The van der Waals surface area contributed by atoms with Gasteiger partial charge in [0.2, 0.25) is 5.91 Å². The molecule has 8 heteroatoms. The molecule has 2 aliphatic rings. The van der Waals surface area contributed by atoms with Gasteiger partial charge in [0.25, 0.3) is 5.91 Å². The summed E-state index contributed by atoms with van der Waals surface area (Å²) in [6.07, 6.45) is 3.26. The van der Waals surface area contributed by atoms with Gasteiger partial charge >= 0.3 is 0 Å². The van der Waals surface area contributed by atoms with Gasteiger partial charge in [-0.05, 0) is 12.1 Å². The van der Waals surface area contributed by atoms with Crippen LogP contribution in [0, 0.1) is 0 Å². The third-order valence-corrected chi connectivity index (χ3v) is 5.27. The molecule has 4 rings (SSSR count). The molecule has 148 valence electrons. The fourth-order valence-electron chi connectivity index (χ4n) is 3.62. The van der Waals surface area contributed by atoms with E-state index in [2.05, 4.69) is 9.88 Å². The molecule has 2 fully saturated rings. The van der Waals surface area contributed by atoms with Crippen molar-refractivity contribution in [3.8, 4) is 5.69 Å². The molecule has 2 aromatic rings. The molecule has 1 aromatic heterocycles. The number of carbonyl (C=O) groups excluding carboxylic acids is 2. The molecule has 1 aromatic carbocycles. The third kappa shape index (κ3) is 4.07. The van der Waals surface area contributed by atoms with Crippen LogP contribution in [0.5, 0.6) is 0 Å². The molecule has 28 heavy (non-hydrogen) atoms. The second kappa shape index (κ2) is 8.53. The highest BCUT2D eigenvalue weighted by Crippen LogP contribution is 2.14. The number of para-hydroxylation sites is 1. The van der Waals surface area contributed by atoms with Gasteiger partial charge in [0, 0.05) is 45.0 Å². The van der Waals surface area contributed by atoms with E-state index in [0.29, 0.717) is 51.6 Å². The van der Waals surface area contributed by atoms with Crippen LogP contribution < -0.4 is 0 Å². The fourth-order valence-corrected chi connectivity index (χ4v) is 3.62. The van der Waals surface area contributed by atoms with Crippen LogP contribution in [0.25, 0.3) is 5.69 Å². The monoisotopic (exact) mass is 383 g/mol. The fraction of sp³-hybridized carbons (Fsp3) is 0.450. The Balaban J connectivity index is 1.35. The van der Waals surface area contributed by atoms with E-state index in [1.165, 1.54) is 0 Å².